The maximum atomic E-state index is 13.7. The first kappa shape index (κ1) is 22.7. The van der Waals surface area contributed by atoms with Crippen LogP contribution < -0.4 is 5.56 Å². The van der Waals surface area contributed by atoms with E-state index in [1.54, 1.807) is 6.07 Å². The molecule has 1 fully saturated rings. The molecule has 0 aliphatic carbocycles. The van der Waals surface area contributed by atoms with Crippen LogP contribution in [0.15, 0.2) is 52.4 Å². The van der Waals surface area contributed by atoms with E-state index in [9.17, 15) is 31.1 Å². The number of nitrogens with zero attached hydrogens (tertiary/aromatic N) is 2. The van der Waals surface area contributed by atoms with Gasteiger partial charge in [-0.2, -0.15) is 26.3 Å². The molecule has 170 valence electrons. The number of alkyl halides is 6. The van der Waals surface area contributed by atoms with E-state index >= 15 is 0 Å². The Hall–Kier alpha value is -2.53. The number of aromatic nitrogens is 2. The fourth-order valence-electron chi connectivity index (χ4n) is 3.46. The third-order valence-corrected chi connectivity index (χ3v) is 6.26. The van der Waals surface area contributed by atoms with Gasteiger partial charge in [-0.05, 0) is 42.7 Å². The van der Waals surface area contributed by atoms with Gasteiger partial charge in [-0.3, -0.25) is 9.36 Å². The number of halogens is 6. The molecule has 0 bridgehead atoms. The predicted octanol–water partition coefficient (Wildman–Crippen LogP) is 5.55. The first-order chi connectivity index (χ1) is 15.1. The van der Waals surface area contributed by atoms with Gasteiger partial charge in [0.15, 0.2) is 5.16 Å². The highest BCUT2D eigenvalue weighted by Gasteiger charge is 2.38. The van der Waals surface area contributed by atoms with Gasteiger partial charge in [0, 0.05) is 12.4 Å². The number of ether oxygens (including phenoxy) is 1. The molecule has 32 heavy (non-hydrogen) atoms. The van der Waals surface area contributed by atoms with Crippen LogP contribution in [0.2, 0.25) is 0 Å². The number of fused-ring (bicyclic) bond motifs is 1. The zero-order valence-corrected chi connectivity index (χ0v) is 17.2. The standard InChI is InChI=1S/C21H16F6N2O2S/c22-20(23,24)13-5-6-15(21(25,26)27)17(9-13)29-18(30)14-3-1-2-4-16(14)28-19(29)32-11-12-7-8-31-10-12/h1-6,9,12H,7-8,10-11H2. The second-order valence-corrected chi connectivity index (χ2v) is 8.31. The molecule has 2 heterocycles. The summed E-state index contributed by atoms with van der Waals surface area (Å²) in [6.07, 6.45) is -9.13. The van der Waals surface area contributed by atoms with E-state index in [1.165, 1.54) is 18.2 Å². The molecule has 1 saturated heterocycles. The highest BCUT2D eigenvalue weighted by Crippen LogP contribution is 2.39. The lowest BCUT2D eigenvalue weighted by Gasteiger charge is -2.20. The summed E-state index contributed by atoms with van der Waals surface area (Å²) < 4.78 is 87.1. The van der Waals surface area contributed by atoms with E-state index in [0.717, 1.165) is 18.2 Å². The Balaban J connectivity index is 1.96. The maximum absolute atomic E-state index is 13.7. The van der Waals surface area contributed by atoms with Crippen molar-refractivity contribution in [3.8, 4) is 5.69 Å². The lowest BCUT2D eigenvalue weighted by molar-refractivity contribution is -0.141. The molecule has 0 radical (unpaired) electrons. The molecular weight excluding hydrogens is 458 g/mol. The lowest BCUT2D eigenvalue weighted by atomic mass is 10.1. The minimum Gasteiger partial charge on any atom is -0.381 e. The third-order valence-electron chi connectivity index (χ3n) is 5.09. The van der Waals surface area contributed by atoms with Gasteiger partial charge in [-0.1, -0.05) is 23.9 Å². The molecule has 0 spiro atoms. The van der Waals surface area contributed by atoms with Crippen LogP contribution in [0.1, 0.15) is 17.5 Å². The Labute approximate surface area is 182 Å². The normalized spacial score (nSPS) is 17.2. The molecule has 0 N–H and O–H groups in total. The fourth-order valence-corrected chi connectivity index (χ4v) is 4.58. The molecule has 1 aliphatic heterocycles. The van der Waals surface area contributed by atoms with E-state index in [4.69, 9.17) is 4.74 Å². The topological polar surface area (TPSA) is 44.1 Å². The van der Waals surface area contributed by atoms with Crippen molar-refractivity contribution in [1.29, 1.82) is 0 Å². The Kier molecular flexibility index (Phi) is 5.97. The van der Waals surface area contributed by atoms with Crippen molar-refractivity contribution < 1.29 is 31.1 Å². The molecule has 11 heteroatoms. The van der Waals surface area contributed by atoms with Gasteiger partial charge in [0.05, 0.1) is 34.3 Å². The van der Waals surface area contributed by atoms with Crippen LogP contribution in [-0.2, 0) is 17.1 Å². The van der Waals surface area contributed by atoms with Crippen LogP contribution in [0.25, 0.3) is 16.6 Å². The summed E-state index contributed by atoms with van der Waals surface area (Å²) in [4.78, 5) is 17.5. The summed E-state index contributed by atoms with van der Waals surface area (Å²) in [6.45, 7) is 1.01. The van der Waals surface area contributed by atoms with Crippen molar-refractivity contribution in [2.45, 2.75) is 23.9 Å². The predicted molar refractivity (Wildman–Crippen MR) is 107 cm³/mol. The van der Waals surface area contributed by atoms with Crippen molar-refractivity contribution >= 4 is 22.7 Å². The van der Waals surface area contributed by atoms with Crippen molar-refractivity contribution in [3.05, 3.63) is 63.9 Å². The lowest BCUT2D eigenvalue weighted by Crippen LogP contribution is -2.25. The summed E-state index contributed by atoms with van der Waals surface area (Å²) in [6, 6.07) is 7.08. The summed E-state index contributed by atoms with van der Waals surface area (Å²) in [5.74, 6) is 0.492. The molecule has 1 aromatic heterocycles. The van der Waals surface area contributed by atoms with E-state index in [2.05, 4.69) is 4.98 Å². The van der Waals surface area contributed by atoms with Crippen molar-refractivity contribution in [2.75, 3.05) is 19.0 Å². The molecule has 2 aromatic carbocycles. The Morgan fingerprint density at radius 1 is 1.06 bits per heavy atom. The summed E-state index contributed by atoms with van der Waals surface area (Å²) in [5.41, 5.74) is -4.16. The van der Waals surface area contributed by atoms with Crippen molar-refractivity contribution in [2.24, 2.45) is 5.92 Å². The molecule has 1 unspecified atom stereocenters. The monoisotopic (exact) mass is 474 g/mol. The van der Waals surface area contributed by atoms with Gasteiger partial charge in [0.1, 0.15) is 0 Å². The number of thioether (sulfide) groups is 1. The van der Waals surface area contributed by atoms with Crippen molar-refractivity contribution in [3.63, 3.8) is 0 Å². The quantitative estimate of drug-likeness (QED) is 0.283. The zero-order valence-electron chi connectivity index (χ0n) is 16.3. The van der Waals surface area contributed by atoms with E-state index in [-0.39, 0.29) is 22.0 Å². The van der Waals surface area contributed by atoms with E-state index < -0.39 is 34.7 Å². The number of hydrogen-bond acceptors (Lipinski definition) is 4. The highest BCUT2D eigenvalue weighted by molar-refractivity contribution is 7.99. The van der Waals surface area contributed by atoms with Crippen LogP contribution in [0.3, 0.4) is 0 Å². The second-order valence-electron chi connectivity index (χ2n) is 7.32. The van der Waals surface area contributed by atoms with Crippen LogP contribution in [-0.4, -0.2) is 28.5 Å². The average molecular weight is 474 g/mol. The van der Waals surface area contributed by atoms with Crippen LogP contribution >= 0.6 is 11.8 Å². The van der Waals surface area contributed by atoms with Crippen LogP contribution in [0, 0.1) is 5.92 Å². The molecule has 1 atom stereocenters. The number of benzene rings is 2. The number of para-hydroxylation sites is 1. The molecule has 0 amide bonds. The maximum Gasteiger partial charge on any atom is 0.418 e. The molecule has 1 aliphatic rings. The van der Waals surface area contributed by atoms with E-state index in [0.29, 0.717) is 41.7 Å². The second kappa shape index (κ2) is 8.43. The highest BCUT2D eigenvalue weighted by atomic mass is 32.2. The fraction of sp³-hybridized carbons (Fsp3) is 0.333. The number of rotatable bonds is 4. The van der Waals surface area contributed by atoms with Gasteiger partial charge in [-0.15, -0.1) is 0 Å². The van der Waals surface area contributed by atoms with E-state index in [1.807, 2.05) is 0 Å². The minimum atomic E-state index is -4.98. The molecular formula is C21H16F6N2O2S. The van der Waals surface area contributed by atoms with Crippen LogP contribution in [0.4, 0.5) is 26.3 Å². The van der Waals surface area contributed by atoms with Gasteiger partial charge < -0.3 is 4.74 Å². The van der Waals surface area contributed by atoms with Gasteiger partial charge in [0.2, 0.25) is 0 Å². The minimum absolute atomic E-state index is 0.00610. The molecule has 0 saturated carbocycles. The molecule has 4 rings (SSSR count). The molecule has 3 aromatic rings. The summed E-state index contributed by atoms with van der Waals surface area (Å²) in [5, 5.41) is -0.1000. The first-order valence-corrected chi connectivity index (χ1v) is 10.6. The first-order valence-electron chi connectivity index (χ1n) is 9.57. The van der Waals surface area contributed by atoms with Crippen LogP contribution in [0.5, 0.6) is 0 Å². The number of hydrogen-bond donors (Lipinski definition) is 0. The summed E-state index contributed by atoms with van der Waals surface area (Å²) >= 11 is 1.02. The van der Waals surface area contributed by atoms with Gasteiger partial charge in [-0.25, -0.2) is 4.98 Å². The smallest absolute Gasteiger partial charge is 0.381 e. The SMILES string of the molecule is O=c1c2ccccc2nc(SCC2CCOC2)n1-c1cc(C(F)(F)F)ccc1C(F)(F)F. The Morgan fingerprint density at radius 2 is 1.81 bits per heavy atom. The average Bonchev–Trinajstić information content (AvgIpc) is 3.24. The summed E-state index contributed by atoms with van der Waals surface area (Å²) in [7, 11) is 0. The van der Waals surface area contributed by atoms with Crippen molar-refractivity contribution in [1.82, 2.24) is 9.55 Å². The zero-order chi connectivity index (χ0) is 23.1. The van der Waals surface area contributed by atoms with Gasteiger partial charge in [0.25, 0.3) is 5.56 Å². The van der Waals surface area contributed by atoms with Gasteiger partial charge >= 0.3 is 12.4 Å². The largest absolute Gasteiger partial charge is 0.418 e. The Bertz CT molecular complexity index is 1200. The molecule has 4 nitrogen and oxygen atoms in total. The third kappa shape index (κ3) is 4.49. The Morgan fingerprint density at radius 3 is 2.47 bits per heavy atom.